The lowest BCUT2D eigenvalue weighted by molar-refractivity contribution is 0.145. The van der Waals surface area contributed by atoms with E-state index in [2.05, 4.69) is 6.58 Å². The van der Waals surface area contributed by atoms with Gasteiger partial charge < -0.3 is 20.5 Å². The van der Waals surface area contributed by atoms with Crippen LogP contribution < -0.4 is 10.5 Å². The summed E-state index contributed by atoms with van der Waals surface area (Å²) >= 11 is 0. The molecule has 1 amide bonds. The minimum absolute atomic E-state index is 0.0942. The third-order valence-corrected chi connectivity index (χ3v) is 3.16. The lowest BCUT2D eigenvalue weighted by Gasteiger charge is -2.17. The molecular weight excluding hydrogens is 244 g/mol. The molecule has 0 radical (unpaired) electrons. The van der Waals surface area contributed by atoms with Crippen molar-refractivity contribution in [3.8, 4) is 5.75 Å². The predicted octanol–water partition coefficient (Wildman–Crippen LogP) is 2.13. The molecule has 0 aliphatic carbocycles. The molecule has 0 spiro atoms. The number of amides is 1. The van der Waals surface area contributed by atoms with E-state index in [0.717, 1.165) is 11.3 Å². The monoisotopic (exact) mass is 262 g/mol. The minimum atomic E-state index is -0.894. The molecule has 19 heavy (non-hydrogen) atoms. The molecule has 0 saturated carbocycles. The number of rotatable bonds is 4. The Morgan fingerprint density at radius 3 is 3.05 bits per heavy atom. The number of nitrogens with zero attached hydrogens (tertiary/aromatic N) is 1. The summed E-state index contributed by atoms with van der Waals surface area (Å²) in [5.74, 6) is 0.756. The lowest BCUT2D eigenvalue weighted by atomic mass is 10.1. The third kappa shape index (κ3) is 3.19. The van der Waals surface area contributed by atoms with Gasteiger partial charge in [0.2, 0.25) is 0 Å². The second-order valence-corrected chi connectivity index (χ2v) is 4.62. The van der Waals surface area contributed by atoms with Crippen molar-refractivity contribution in [2.24, 2.45) is 0 Å². The van der Waals surface area contributed by atoms with Crippen LogP contribution in [0.3, 0.4) is 0 Å². The zero-order chi connectivity index (χ0) is 13.8. The molecule has 1 unspecified atom stereocenters. The van der Waals surface area contributed by atoms with E-state index in [4.69, 9.17) is 15.6 Å². The van der Waals surface area contributed by atoms with Crippen molar-refractivity contribution in [2.45, 2.75) is 18.9 Å². The van der Waals surface area contributed by atoms with Gasteiger partial charge in [-0.05, 0) is 30.2 Å². The van der Waals surface area contributed by atoms with Gasteiger partial charge in [-0.3, -0.25) is 0 Å². The smallest absolute Gasteiger partial charge is 0.407 e. The first-order chi connectivity index (χ1) is 9.10. The van der Waals surface area contributed by atoms with E-state index < -0.39 is 6.09 Å². The van der Waals surface area contributed by atoms with Crippen LogP contribution in [0.15, 0.2) is 30.9 Å². The summed E-state index contributed by atoms with van der Waals surface area (Å²) in [7, 11) is 0. The van der Waals surface area contributed by atoms with E-state index in [1.165, 1.54) is 4.90 Å². The van der Waals surface area contributed by atoms with Crippen LogP contribution in [-0.2, 0) is 6.42 Å². The Kier molecular flexibility index (Phi) is 3.94. The fraction of sp³-hybridized carbons (Fsp3) is 0.357. The number of carboxylic acid groups (broad SMARTS) is 1. The predicted molar refractivity (Wildman–Crippen MR) is 73.4 cm³/mol. The molecule has 2 rings (SSSR count). The molecule has 1 heterocycles. The lowest BCUT2D eigenvalue weighted by Crippen LogP contribution is -2.29. The summed E-state index contributed by atoms with van der Waals surface area (Å²) in [4.78, 5) is 12.2. The van der Waals surface area contributed by atoms with Gasteiger partial charge in [-0.15, -0.1) is 6.58 Å². The van der Waals surface area contributed by atoms with Crippen molar-refractivity contribution in [3.63, 3.8) is 0 Å². The van der Waals surface area contributed by atoms with E-state index in [1.54, 1.807) is 12.1 Å². The van der Waals surface area contributed by atoms with Crippen molar-refractivity contribution >= 4 is 11.8 Å². The van der Waals surface area contributed by atoms with Crippen LogP contribution in [0.25, 0.3) is 0 Å². The van der Waals surface area contributed by atoms with Gasteiger partial charge in [0.1, 0.15) is 11.9 Å². The Morgan fingerprint density at radius 1 is 1.63 bits per heavy atom. The van der Waals surface area contributed by atoms with Crippen molar-refractivity contribution in [3.05, 3.63) is 36.4 Å². The molecule has 1 fully saturated rings. The van der Waals surface area contributed by atoms with Crippen LogP contribution >= 0.6 is 0 Å². The quantitative estimate of drug-likeness (QED) is 0.643. The van der Waals surface area contributed by atoms with E-state index >= 15 is 0 Å². The average molecular weight is 262 g/mol. The summed E-state index contributed by atoms with van der Waals surface area (Å²) in [6.45, 7) is 4.64. The number of hydrogen-bond acceptors (Lipinski definition) is 3. The first-order valence-electron chi connectivity index (χ1n) is 6.24. The van der Waals surface area contributed by atoms with E-state index in [0.29, 0.717) is 31.6 Å². The van der Waals surface area contributed by atoms with Gasteiger partial charge in [0.25, 0.3) is 0 Å². The van der Waals surface area contributed by atoms with E-state index in [9.17, 15) is 4.79 Å². The van der Waals surface area contributed by atoms with Crippen LogP contribution in [0.2, 0.25) is 0 Å². The normalized spacial score (nSPS) is 18.3. The molecule has 0 aromatic heterocycles. The third-order valence-electron chi connectivity index (χ3n) is 3.16. The first kappa shape index (κ1) is 13.3. The molecule has 102 valence electrons. The molecular formula is C14H18N2O3. The highest BCUT2D eigenvalue weighted by Gasteiger charge is 2.27. The number of allylic oxidation sites excluding steroid dienone is 1. The van der Waals surface area contributed by atoms with Crippen LogP contribution in [0.1, 0.15) is 12.0 Å². The number of nitrogens with two attached hydrogens (primary N) is 1. The van der Waals surface area contributed by atoms with Crippen molar-refractivity contribution in [2.75, 3.05) is 18.8 Å². The molecule has 1 atom stereocenters. The van der Waals surface area contributed by atoms with Gasteiger partial charge in [0.15, 0.2) is 0 Å². The summed E-state index contributed by atoms with van der Waals surface area (Å²) in [6.07, 6.45) is 2.19. The van der Waals surface area contributed by atoms with Crippen molar-refractivity contribution in [1.29, 1.82) is 0 Å². The standard InChI is InChI=1S/C14H18N2O3/c1-2-3-10-8-11(15)4-5-13(10)19-12-6-7-16(9-12)14(17)18/h2,4-5,8,12H,1,3,6-7,9,15H2,(H,17,18). The number of benzene rings is 1. The molecule has 1 aliphatic heterocycles. The maximum Gasteiger partial charge on any atom is 0.407 e. The van der Waals surface area contributed by atoms with E-state index in [-0.39, 0.29) is 6.10 Å². The molecule has 0 bridgehead atoms. The molecule has 1 aliphatic rings. The summed E-state index contributed by atoms with van der Waals surface area (Å²) in [5, 5.41) is 8.91. The number of hydrogen-bond donors (Lipinski definition) is 2. The molecule has 1 aromatic carbocycles. The van der Waals surface area contributed by atoms with Gasteiger partial charge in [-0.1, -0.05) is 6.08 Å². The second kappa shape index (κ2) is 5.65. The second-order valence-electron chi connectivity index (χ2n) is 4.62. The van der Waals surface area contributed by atoms with Crippen LogP contribution in [0.4, 0.5) is 10.5 Å². The Morgan fingerprint density at radius 2 is 2.42 bits per heavy atom. The van der Waals surface area contributed by atoms with Gasteiger partial charge >= 0.3 is 6.09 Å². The zero-order valence-electron chi connectivity index (χ0n) is 10.7. The van der Waals surface area contributed by atoms with Crippen molar-refractivity contribution in [1.82, 2.24) is 4.90 Å². The number of anilines is 1. The largest absolute Gasteiger partial charge is 0.488 e. The van der Waals surface area contributed by atoms with Crippen LogP contribution in [0.5, 0.6) is 5.75 Å². The molecule has 1 aromatic rings. The summed E-state index contributed by atoms with van der Waals surface area (Å²) < 4.78 is 5.89. The van der Waals surface area contributed by atoms with Gasteiger partial charge in [-0.2, -0.15) is 0 Å². The van der Waals surface area contributed by atoms with Crippen LogP contribution in [0, 0.1) is 0 Å². The molecule has 5 heteroatoms. The highest BCUT2D eigenvalue weighted by atomic mass is 16.5. The van der Waals surface area contributed by atoms with Gasteiger partial charge in [-0.25, -0.2) is 4.79 Å². The molecule has 1 saturated heterocycles. The highest BCUT2D eigenvalue weighted by Crippen LogP contribution is 2.25. The van der Waals surface area contributed by atoms with E-state index in [1.807, 2.05) is 12.1 Å². The zero-order valence-corrected chi connectivity index (χ0v) is 10.7. The maximum absolute atomic E-state index is 10.9. The number of ether oxygens (including phenoxy) is 1. The van der Waals surface area contributed by atoms with Gasteiger partial charge in [0, 0.05) is 18.7 Å². The summed E-state index contributed by atoms with van der Waals surface area (Å²) in [6, 6.07) is 5.48. The number of nitrogen functional groups attached to an aromatic ring is 1. The van der Waals surface area contributed by atoms with Gasteiger partial charge in [0.05, 0.1) is 6.54 Å². The number of carbonyl (C=O) groups is 1. The molecule has 3 N–H and O–H groups in total. The fourth-order valence-electron chi connectivity index (χ4n) is 2.21. The maximum atomic E-state index is 10.9. The SMILES string of the molecule is C=CCc1cc(N)ccc1OC1CCN(C(=O)O)C1. The summed E-state index contributed by atoms with van der Waals surface area (Å²) in [5.41, 5.74) is 7.41. The Hall–Kier alpha value is -2.17. The fourth-order valence-corrected chi connectivity index (χ4v) is 2.21. The Labute approximate surface area is 112 Å². The van der Waals surface area contributed by atoms with Crippen LogP contribution in [-0.4, -0.2) is 35.3 Å². The number of likely N-dealkylation sites (tertiary alicyclic amines) is 1. The topological polar surface area (TPSA) is 75.8 Å². The molecule has 5 nitrogen and oxygen atoms in total. The van der Waals surface area contributed by atoms with Crippen molar-refractivity contribution < 1.29 is 14.6 Å². The Balaban J connectivity index is 2.07. The highest BCUT2D eigenvalue weighted by molar-refractivity contribution is 5.65. The average Bonchev–Trinajstić information content (AvgIpc) is 2.82. The first-order valence-corrected chi connectivity index (χ1v) is 6.24. The minimum Gasteiger partial charge on any atom is -0.488 e. The Bertz CT molecular complexity index is 488.